The molecule has 82 valence electrons. The number of benzene rings is 1. The summed E-state index contributed by atoms with van der Waals surface area (Å²) in [4.78, 5) is 10.7. The SMILES string of the molecule is CC(O)C(C)Oc1ccc(Cl)cc1C=O. The van der Waals surface area contributed by atoms with Crippen LogP contribution in [0.2, 0.25) is 5.02 Å². The van der Waals surface area contributed by atoms with E-state index in [1.54, 1.807) is 26.0 Å². The predicted octanol–water partition coefficient (Wildman–Crippen LogP) is 2.30. The van der Waals surface area contributed by atoms with Crippen molar-refractivity contribution in [3.63, 3.8) is 0 Å². The van der Waals surface area contributed by atoms with Crippen LogP contribution in [-0.4, -0.2) is 23.6 Å². The summed E-state index contributed by atoms with van der Waals surface area (Å²) in [5.41, 5.74) is 0.384. The van der Waals surface area contributed by atoms with Gasteiger partial charge in [-0.15, -0.1) is 0 Å². The van der Waals surface area contributed by atoms with E-state index in [0.717, 1.165) is 0 Å². The number of aliphatic hydroxyl groups is 1. The molecule has 0 aliphatic rings. The van der Waals surface area contributed by atoms with Gasteiger partial charge >= 0.3 is 0 Å². The lowest BCUT2D eigenvalue weighted by Crippen LogP contribution is -2.25. The second-order valence-corrected chi connectivity index (χ2v) is 3.80. The number of hydrogen-bond donors (Lipinski definition) is 1. The lowest BCUT2D eigenvalue weighted by Gasteiger charge is -2.18. The Morgan fingerprint density at radius 1 is 1.47 bits per heavy atom. The van der Waals surface area contributed by atoms with Crippen LogP contribution in [0.3, 0.4) is 0 Å². The fourth-order valence-corrected chi connectivity index (χ4v) is 1.20. The van der Waals surface area contributed by atoms with Crippen molar-refractivity contribution in [2.24, 2.45) is 0 Å². The van der Waals surface area contributed by atoms with Crippen LogP contribution in [0.15, 0.2) is 18.2 Å². The third-order valence-corrected chi connectivity index (χ3v) is 2.33. The number of hydrogen-bond acceptors (Lipinski definition) is 3. The lowest BCUT2D eigenvalue weighted by molar-refractivity contribution is 0.0597. The molecule has 0 heterocycles. The Bertz CT molecular complexity index is 350. The third-order valence-electron chi connectivity index (χ3n) is 2.09. The molecule has 1 aromatic rings. The summed E-state index contributed by atoms with van der Waals surface area (Å²) < 4.78 is 5.41. The van der Waals surface area contributed by atoms with E-state index in [1.807, 2.05) is 0 Å². The van der Waals surface area contributed by atoms with Crippen LogP contribution < -0.4 is 4.74 Å². The highest BCUT2D eigenvalue weighted by molar-refractivity contribution is 6.30. The third kappa shape index (κ3) is 3.22. The molecule has 1 rings (SSSR count). The molecule has 1 aromatic carbocycles. The summed E-state index contributed by atoms with van der Waals surface area (Å²) in [6, 6.07) is 4.78. The molecule has 0 fully saturated rings. The Balaban J connectivity index is 2.89. The van der Waals surface area contributed by atoms with Crippen LogP contribution in [-0.2, 0) is 0 Å². The van der Waals surface area contributed by atoms with Crippen molar-refractivity contribution < 1.29 is 14.6 Å². The molecular formula is C11H13ClO3. The summed E-state index contributed by atoms with van der Waals surface area (Å²) in [5, 5.41) is 9.74. The normalized spacial score (nSPS) is 14.4. The second-order valence-electron chi connectivity index (χ2n) is 3.36. The average molecular weight is 229 g/mol. The van der Waals surface area contributed by atoms with Crippen molar-refractivity contribution in [3.8, 4) is 5.75 Å². The van der Waals surface area contributed by atoms with Gasteiger partial charge in [-0.1, -0.05) is 11.6 Å². The Morgan fingerprint density at radius 3 is 2.67 bits per heavy atom. The standard InChI is InChI=1S/C11H13ClO3/c1-7(14)8(2)15-11-4-3-10(12)5-9(11)6-13/h3-8,14H,1-2H3. The second kappa shape index (κ2) is 5.14. The zero-order valence-corrected chi connectivity index (χ0v) is 9.36. The van der Waals surface area contributed by atoms with Crippen molar-refractivity contribution in [1.82, 2.24) is 0 Å². The minimum atomic E-state index is -0.597. The number of ether oxygens (including phenoxy) is 1. The van der Waals surface area contributed by atoms with Gasteiger partial charge < -0.3 is 9.84 Å². The van der Waals surface area contributed by atoms with Gasteiger partial charge in [0.05, 0.1) is 11.7 Å². The average Bonchev–Trinajstić information content (AvgIpc) is 2.20. The van der Waals surface area contributed by atoms with Crippen molar-refractivity contribution in [2.75, 3.05) is 0 Å². The number of carbonyl (C=O) groups excluding carboxylic acids is 1. The number of halogens is 1. The smallest absolute Gasteiger partial charge is 0.153 e. The molecule has 0 aromatic heterocycles. The highest BCUT2D eigenvalue weighted by Crippen LogP contribution is 2.22. The largest absolute Gasteiger partial charge is 0.487 e. The Kier molecular flexibility index (Phi) is 4.12. The topological polar surface area (TPSA) is 46.5 Å². The molecule has 2 unspecified atom stereocenters. The Hall–Kier alpha value is -1.06. The van der Waals surface area contributed by atoms with E-state index in [2.05, 4.69) is 0 Å². The minimum absolute atomic E-state index is 0.370. The van der Waals surface area contributed by atoms with Gasteiger partial charge in [0.1, 0.15) is 11.9 Å². The summed E-state index contributed by atoms with van der Waals surface area (Å²) in [6.45, 7) is 3.36. The predicted molar refractivity (Wildman–Crippen MR) is 58.6 cm³/mol. The van der Waals surface area contributed by atoms with Gasteiger partial charge in [-0.3, -0.25) is 4.79 Å². The minimum Gasteiger partial charge on any atom is -0.487 e. The van der Waals surface area contributed by atoms with Gasteiger partial charge in [0.2, 0.25) is 0 Å². The van der Waals surface area contributed by atoms with Gasteiger partial charge in [0.15, 0.2) is 6.29 Å². The zero-order valence-electron chi connectivity index (χ0n) is 8.61. The molecule has 0 saturated carbocycles. The Labute approximate surface area is 93.6 Å². The molecule has 0 radical (unpaired) electrons. The van der Waals surface area contributed by atoms with E-state index in [-0.39, 0.29) is 6.10 Å². The van der Waals surface area contributed by atoms with Crippen LogP contribution in [0, 0.1) is 0 Å². The van der Waals surface area contributed by atoms with Crippen molar-refractivity contribution >= 4 is 17.9 Å². The van der Waals surface area contributed by atoms with Crippen LogP contribution in [0.4, 0.5) is 0 Å². The fourth-order valence-electron chi connectivity index (χ4n) is 1.02. The first kappa shape index (κ1) is 12.0. The maximum Gasteiger partial charge on any atom is 0.153 e. The molecule has 1 N–H and O–H groups in total. The summed E-state index contributed by atoms with van der Waals surface area (Å²) in [7, 11) is 0. The highest BCUT2D eigenvalue weighted by atomic mass is 35.5. The van der Waals surface area contributed by atoms with Crippen LogP contribution >= 0.6 is 11.6 Å². The zero-order chi connectivity index (χ0) is 11.4. The van der Waals surface area contributed by atoms with E-state index in [0.29, 0.717) is 22.6 Å². The van der Waals surface area contributed by atoms with Crippen LogP contribution in [0.5, 0.6) is 5.75 Å². The molecular weight excluding hydrogens is 216 g/mol. The summed E-state index contributed by atoms with van der Waals surface area (Å²) in [6.07, 6.45) is -0.291. The summed E-state index contributed by atoms with van der Waals surface area (Å²) in [5.74, 6) is 0.433. The lowest BCUT2D eigenvalue weighted by atomic mass is 10.2. The molecule has 0 aliphatic carbocycles. The molecule has 0 saturated heterocycles. The molecule has 3 nitrogen and oxygen atoms in total. The van der Waals surface area contributed by atoms with Gasteiger partial charge in [-0.05, 0) is 32.0 Å². The fraction of sp³-hybridized carbons (Fsp3) is 0.364. The first-order chi connectivity index (χ1) is 7.04. The molecule has 15 heavy (non-hydrogen) atoms. The monoisotopic (exact) mass is 228 g/mol. The summed E-state index contributed by atoms with van der Waals surface area (Å²) >= 11 is 5.73. The number of aliphatic hydroxyl groups excluding tert-OH is 1. The van der Waals surface area contributed by atoms with Gasteiger partial charge in [-0.25, -0.2) is 0 Å². The van der Waals surface area contributed by atoms with E-state index in [1.165, 1.54) is 6.07 Å². The van der Waals surface area contributed by atoms with Crippen LogP contribution in [0.25, 0.3) is 0 Å². The van der Waals surface area contributed by atoms with E-state index < -0.39 is 6.10 Å². The van der Waals surface area contributed by atoms with Crippen molar-refractivity contribution in [3.05, 3.63) is 28.8 Å². The maximum absolute atomic E-state index is 10.7. The van der Waals surface area contributed by atoms with Gasteiger partial charge in [-0.2, -0.15) is 0 Å². The van der Waals surface area contributed by atoms with E-state index in [9.17, 15) is 9.90 Å². The molecule has 2 atom stereocenters. The number of rotatable bonds is 4. The highest BCUT2D eigenvalue weighted by Gasteiger charge is 2.12. The van der Waals surface area contributed by atoms with Gasteiger partial charge in [0, 0.05) is 5.02 Å². The van der Waals surface area contributed by atoms with Crippen molar-refractivity contribution in [2.45, 2.75) is 26.1 Å². The molecule has 0 bridgehead atoms. The maximum atomic E-state index is 10.7. The molecule has 4 heteroatoms. The van der Waals surface area contributed by atoms with E-state index in [4.69, 9.17) is 16.3 Å². The van der Waals surface area contributed by atoms with Gasteiger partial charge in [0.25, 0.3) is 0 Å². The first-order valence-electron chi connectivity index (χ1n) is 4.64. The molecule has 0 spiro atoms. The molecule has 0 amide bonds. The molecule has 0 aliphatic heterocycles. The van der Waals surface area contributed by atoms with Crippen LogP contribution in [0.1, 0.15) is 24.2 Å². The Morgan fingerprint density at radius 2 is 2.13 bits per heavy atom. The number of aldehydes is 1. The first-order valence-corrected chi connectivity index (χ1v) is 5.02. The van der Waals surface area contributed by atoms with Crippen molar-refractivity contribution in [1.29, 1.82) is 0 Å². The van der Waals surface area contributed by atoms with E-state index >= 15 is 0 Å². The number of carbonyl (C=O) groups is 1. The quantitative estimate of drug-likeness (QED) is 0.805.